The van der Waals surface area contributed by atoms with Gasteiger partial charge in [-0.3, -0.25) is 4.72 Å². The van der Waals surface area contributed by atoms with Crippen LogP contribution in [0.15, 0.2) is 48.5 Å². The molecule has 190 valence electrons. The molecule has 0 unspecified atom stereocenters. The number of hydrogen-bond donors (Lipinski definition) is 4. The van der Waals surface area contributed by atoms with E-state index < -0.39 is 16.1 Å². The summed E-state index contributed by atoms with van der Waals surface area (Å²) >= 11 is 0. The highest BCUT2D eigenvalue weighted by molar-refractivity contribution is 7.92. The normalized spacial score (nSPS) is 15.8. The van der Waals surface area contributed by atoms with Crippen LogP contribution in [0.25, 0.3) is 6.08 Å². The molecule has 2 aromatic rings. The van der Waals surface area contributed by atoms with Crippen molar-refractivity contribution in [1.29, 1.82) is 0 Å². The first-order valence-corrected chi connectivity index (χ1v) is 13.5. The quantitative estimate of drug-likeness (QED) is 0.221. The molecule has 4 N–H and O–H groups in total. The molecule has 0 radical (unpaired) electrons. The van der Waals surface area contributed by atoms with Gasteiger partial charge in [-0.2, -0.15) is 0 Å². The molecule has 10 heteroatoms. The highest BCUT2D eigenvalue weighted by Crippen LogP contribution is 2.28. The van der Waals surface area contributed by atoms with E-state index in [4.69, 9.17) is 4.74 Å². The van der Waals surface area contributed by atoms with Crippen molar-refractivity contribution in [2.24, 2.45) is 0 Å². The van der Waals surface area contributed by atoms with Crippen molar-refractivity contribution < 1.29 is 28.2 Å². The van der Waals surface area contributed by atoms with Crippen LogP contribution in [0.5, 0.6) is 5.75 Å². The summed E-state index contributed by atoms with van der Waals surface area (Å²) < 4.78 is 30.1. The highest BCUT2D eigenvalue weighted by Gasteiger charge is 2.21. The summed E-state index contributed by atoms with van der Waals surface area (Å²) in [6.45, 7) is 4.18. The summed E-state index contributed by atoms with van der Waals surface area (Å²) in [5.74, 6) is -0.553. The third-order valence-corrected chi connectivity index (χ3v) is 6.34. The van der Waals surface area contributed by atoms with Crippen molar-refractivity contribution in [2.75, 3.05) is 42.1 Å². The average Bonchev–Trinajstić information content (AvgIpc) is 2.82. The van der Waals surface area contributed by atoms with Crippen LogP contribution in [0.4, 0.5) is 11.4 Å². The van der Waals surface area contributed by atoms with Crippen LogP contribution in [-0.4, -0.2) is 63.1 Å². The first kappa shape index (κ1) is 26.5. The van der Waals surface area contributed by atoms with Crippen LogP contribution in [-0.2, 0) is 19.6 Å². The summed E-state index contributed by atoms with van der Waals surface area (Å²) in [5, 5.41) is 23.8. The Labute approximate surface area is 206 Å². The van der Waals surface area contributed by atoms with Crippen molar-refractivity contribution in [2.45, 2.75) is 31.9 Å². The Balaban J connectivity index is 1.47. The molecule has 1 atom stereocenters. The smallest absolute Gasteiger partial charge is 0.330 e. The number of ether oxygens (including phenoxy) is 1. The van der Waals surface area contributed by atoms with Crippen LogP contribution < -0.4 is 14.9 Å². The van der Waals surface area contributed by atoms with Crippen LogP contribution in [0, 0.1) is 0 Å². The number of nitrogens with one attached hydrogen (secondary N) is 2. The van der Waals surface area contributed by atoms with Gasteiger partial charge in [-0.1, -0.05) is 18.2 Å². The second-order valence-corrected chi connectivity index (χ2v) is 10.3. The predicted molar refractivity (Wildman–Crippen MR) is 137 cm³/mol. The number of esters is 1. The standard InChI is InChI=1S/C25H33N3O6S/c1-3-34-25(31)11-6-18-4-8-21(9-5-18)28-14-12-20(13-15-28)26-17-24(30)19-7-10-23(29)22(16-19)27-35(2,32)33/h4-11,16,20,24,26-27,29-30H,3,12-15,17H2,1-2H3/b11-6+/t24-/m0/s1. The van der Waals surface area contributed by atoms with Crippen molar-refractivity contribution in [1.82, 2.24) is 5.32 Å². The zero-order valence-corrected chi connectivity index (χ0v) is 20.8. The van der Waals surface area contributed by atoms with Gasteiger partial charge in [-0.05, 0) is 61.2 Å². The van der Waals surface area contributed by atoms with Crippen molar-refractivity contribution in [3.05, 3.63) is 59.7 Å². The molecule has 2 aromatic carbocycles. The number of aliphatic hydroxyl groups is 1. The lowest BCUT2D eigenvalue weighted by Crippen LogP contribution is -2.43. The molecule has 1 heterocycles. The van der Waals surface area contributed by atoms with Crippen LogP contribution in [0.1, 0.15) is 37.0 Å². The molecule has 1 saturated heterocycles. The van der Waals surface area contributed by atoms with E-state index in [-0.39, 0.29) is 23.4 Å². The zero-order valence-electron chi connectivity index (χ0n) is 20.0. The Kier molecular flexibility index (Phi) is 9.13. The summed E-state index contributed by atoms with van der Waals surface area (Å²) in [7, 11) is -3.54. The molecule has 1 aliphatic rings. The van der Waals surface area contributed by atoms with E-state index in [1.165, 1.54) is 18.2 Å². The average molecular weight is 504 g/mol. The molecule has 0 bridgehead atoms. The third-order valence-electron chi connectivity index (χ3n) is 5.75. The number of sulfonamides is 1. The largest absolute Gasteiger partial charge is 0.506 e. The fourth-order valence-electron chi connectivity index (χ4n) is 3.93. The molecule has 0 saturated carbocycles. The van der Waals surface area contributed by atoms with Crippen molar-refractivity contribution in [3.63, 3.8) is 0 Å². The number of nitrogens with zero attached hydrogens (tertiary/aromatic N) is 1. The fraction of sp³-hybridized carbons (Fsp3) is 0.400. The SMILES string of the molecule is CCOC(=O)/C=C/c1ccc(N2CCC(NC[C@H](O)c3ccc(O)c(NS(C)(=O)=O)c3)CC2)cc1. The van der Waals surface area contributed by atoms with Crippen molar-refractivity contribution in [3.8, 4) is 5.75 Å². The van der Waals surface area contributed by atoms with E-state index in [9.17, 15) is 23.4 Å². The van der Waals surface area contributed by atoms with Gasteiger partial charge in [-0.15, -0.1) is 0 Å². The Bertz CT molecular complexity index is 1130. The van der Waals surface area contributed by atoms with Crippen molar-refractivity contribution >= 4 is 33.4 Å². The number of hydrogen-bond acceptors (Lipinski definition) is 8. The molecule has 1 fully saturated rings. The fourth-order valence-corrected chi connectivity index (χ4v) is 4.49. The van der Waals surface area contributed by atoms with Crippen LogP contribution in [0.3, 0.4) is 0 Å². The lowest BCUT2D eigenvalue weighted by atomic mass is 10.0. The maximum Gasteiger partial charge on any atom is 0.330 e. The number of carbonyl (C=O) groups is 1. The molecular formula is C25H33N3O6S. The van der Waals surface area contributed by atoms with Crippen LogP contribution >= 0.6 is 0 Å². The van der Waals surface area contributed by atoms with Gasteiger partial charge in [0.2, 0.25) is 10.0 Å². The molecule has 0 aliphatic carbocycles. The van der Waals surface area contributed by atoms with Gasteiger partial charge in [0.25, 0.3) is 0 Å². The molecule has 3 rings (SSSR count). The molecule has 1 aliphatic heterocycles. The van der Waals surface area contributed by atoms with E-state index in [1.54, 1.807) is 19.1 Å². The number of phenols is 1. The van der Waals surface area contributed by atoms with Gasteiger partial charge in [-0.25, -0.2) is 13.2 Å². The third kappa shape index (κ3) is 8.27. The minimum atomic E-state index is -3.54. The first-order valence-electron chi connectivity index (χ1n) is 11.6. The molecule has 0 amide bonds. The Morgan fingerprint density at radius 1 is 1.20 bits per heavy atom. The first-order chi connectivity index (χ1) is 16.6. The molecule has 0 spiro atoms. The summed E-state index contributed by atoms with van der Waals surface area (Å²) in [6.07, 6.45) is 5.13. The summed E-state index contributed by atoms with van der Waals surface area (Å²) in [4.78, 5) is 13.7. The number of piperidine rings is 1. The number of aliphatic hydroxyl groups excluding tert-OH is 1. The number of carbonyl (C=O) groups excluding carboxylic acids is 1. The van der Waals surface area contributed by atoms with Gasteiger partial charge in [0.15, 0.2) is 0 Å². The lowest BCUT2D eigenvalue weighted by Gasteiger charge is -2.34. The number of phenolic OH excluding ortho intramolecular Hbond substituents is 1. The predicted octanol–water partition coefficient (Wildman–Crippen LogP) is 2.63. The molecule has 0 aromatic heterocycles. The summed E-state index contributed by atoms with van der Waals surface area (Å²) in [5.41, 5.74) is 2.60. The number of aromatic hydroxyl groups is 1. The monoisotopic (exact) mass is 503 g/mol. The summed E-state index contributed by atoms with van der Waals surface area (Å²) in [6, 6.07) is 12.6. The second kappa shape index (κ2) is 12.1. The van der Waals surface area contributed by atoms with Gasteiger partial charge in [0.1, 0.15) is 5.75 Å². The van der Waals surface area contributed by atoms with E-state index in [2.05, 4.69) is 14.9 Å². The minimum absolute atomic E-state index is 0.0414. The maximum absolute atomic E-state index is 11.5. The number of benzene rings is 2. The molecule has 35 heavy (non-hydrogen) atoms. The maximum atomic E-state index is 11.5. The van der Waals surface area contributed by atoms with Gasteiger partial charge >= 0.3 is 5.97 Å². The Morgan fingerprint density at radius 2 is 1.89 bits per heavy atom. The van der Waals surface area contributed by atoms with E-state index in [0.29, 0.717) is 18.7 Å². The highest BCUT2D eigenvalue weighted by atomic mass is 32.2. The van der Waals surface area contributed by atoms with Gasteiger partial charge < -0.3 is 25.2 Å². The van der Waals surface area contributed by atoms with E-state index in [0.717, 1.165) is 43.4 Å². The molecular weight excluding hydrogens is 470 g/mol. The molecule has 9 nitrogen and oxygen atoms in total. The number of rotatable bonds is 10. The van der Waals surface area contributed by atoms with E-state index >= 15 is 0 Å². The number of anilines is 2. The Hall–Kier alpha value is -3.08. The lowest BCUT2D eigenvalue weighted by molar-refractivity contribution is -0.137. The second-order valence-electron chi connectivity index (χ2n) is 8.51. The van der Waals surface area contributed by atoms with Gasteiger partial charge in [0, 0.05) is 37.4 Å². The topological polar surface area (TPSA) is 128 Å². The minimum Gasteiger partial charge on any atom is -0.506 e. The van der Waals surface area contributed by atoms with E-state index in [1.807, 2.05) is 24.3 Å². The van der Waals surface area contributed by atoms with Gasteiger partial charge in [0.05, 0.1) is 24.7 Å². The zero-order chi connectivity index (χ0) is 25.4. The Morgan fingerprint density at radius 3 is 2.51 bits per heavy atom. The van der Waals surface area contributed by atoms with Crippen LogP contribution in [0.2, 0.25) is 0 Å².